The molecule has 0 amide bonds. The van der Waals surface area contributed by atoms with Crippen molar-refractivity contribution in [3.05, 3.63) is 30.1 Å². The second-order valence-corrected chi connectivity index (χ2v) is 7.24. The van der Waals surface area contributed by atoms with Crippen LogP contribution in [-0.2, 0) is 14.8 Å². The zero-order chi connectivity index (χ0) is 17.3. The fraction of sp³-hybridized carbons (Fsp3) is 0.500. The molecule has 1 aromatic heterocycles. The summed E-state index contributed by atoms with van der Waals surface area (Å²) in [5.41, 5.74) is 0.878. The summed E-state index contributed by atoms with van der Waals surface area (Å²) in [6.45, 7) is 0. The Morgan fingerprint density at radius 2 is 2.09 bits per heavy atom. The van der Waals surface area contributed by atoms with E-state index in [0.717, 1.165) is 6.26 Å². The molecule has 1 aliphatic carbocycles. The van der Waals surface area contributed by atoms with Gasteiger partial charge >= 0.3 is 6.18 Å². The lowest BCUT2D eigenvalue weighted by atomic mass is 9.71. The van der Waals surface area contributed by atoms with Crippen LogP contribution in [0.5, 0.6) is 0 Å². The van der Waals surface area contributed by atoms with Gasteiger partial charge in [0.2, 0.25) is 10.0 Å². The number of halogens is 3. The molecule has 128 valence electrons. The van der Waals surface area contributed by atoms with Gasteiger partial charge in [-0.25, -0.2) is 8.42 Å². The second-order valence-electron chi connectivity index (χ2n) is 5.49. The first-order valence-electron chi connectivity index (χ1n) is 6.80. The van der Waals surface area contributed by atoms with Gasteiger partial charge in [0.05, 0.1) is 30.2 Å². The minimum atomic E-state index is -4.26. The molecule has 9 heteroatoms. The van der Waals surface area contributed by atoms with Gasteiger partial charge in [-0.3, -0.25) is 9.71 Å². The summed E-state index contributed by atoms with van der Waals surface area (Å²) in [4.78, 5) is 3.89. The van der Waals surface area contributed by atoms with E-state index in [9.17, 15) is 21.6 Å². The molecule has 0 spiro atoms. The Morgan fingerprint density at radius 1 is 1.39 bits per heavy atom. The number of hydrogen-bond donors (Lipinski definition) is 1. The second kappa shape index (κ2) is 6.48. The molecule has 1 N–H and O–H groups in total. The molecule has 5 nitrogen and oxygen atoms in total. The molecule has 3 unspecified atom stereocenters. The molecule has 0 bridgehead atoms. The van der Waals surface area contributed by atoms with Crippen LogP contribution >= 0.6 is 0 Å². The lowest BCUT2D eigenvalue weighted by Crippen LogP contribution is -2.49. The number of anilines is 1. The third kappa shape index (κ3) is 4.68. The summed E-state index contributed by atoms with van der Waals surface area (Å²) < 4.78 is 67.7. The summed E-state index contributed by atoms with van der Waals surface area (Å²) in [5.74, 6) is -1.78. The molecule has 3 atom stereocenters. The van der Waals surface area contributed by atoms with Gasteiger partial charge in [0.15, 0.2) is 0 Å². The molecule has 1 aliphatic rings. The topological polar surface area (TPSA) is 68.3 Å². The van der Waals surface area contributed by atoms with Gasteiger partial charge in [-0.05, 0) is 18.1 Å². The first kappa shape index (κ1) is 17.7. The maximum Gasteiger partial charge on any atom is 0.394 e. The average Bonchev–Trinajstić information content (AvgIpc) is 2.34. The first-order chi connectivity index (χ1) is 10.6. The fourth-order valence-corrected chi connectivity index (χ4v) is 3.10. The largest absolute Gasteiger partial charge is 0.394 e. The van der Waals surface area contributed by atoms with E-state index in [0.29, 0.717) is 11.3 Å². The average molecular weight is 350 g/mol. The number of sulfonamides is 1. The Morgan fingerprint density at radius 3 is 2.65 bits per heavy atom. The highest BCUT2D eigenvalue weighted by molar-refractivity contribution is 7.92. The SMILES string of the molecule is COC1C(/C=C/c2cncc(NS(C)(=O)=O)c2)CC1C(F)(F)F. The normalized spacial score (nSPS) is 25.3. The fourth-order valence-electron chi connectivity index (χ4n) is 2.56. The van der Waals surface area contributed by atoms with E-state index in [1.165, 1.54) is 19.5 Å². The van der Waals surface area contributed by atoms with Crippen LogP contribution in [0.15, 0.2) is 24.5 Å². The molecule has 23 heavy (non-hydrogen) atoms. The molecule has 0 aromatic carbocycles. The van der Waals surface area contributed by atoms with E-state index in [1.54, 1.807) is 18.2 Å². The standard InChI is InChI=1S/C14H17F3N2O3S/c1-22-13-10(6-12(13)14(15,16)17)4-3-9-5-11(8-18-7-9)19-23(2,20)21/h3-5,7-8,10,12-13,19H,6H2,1-2H3/b4-3+. The van der Waals surface area contributed by atoms with Crippen molar-refractivity contribution in [2.24, 2.45) is 11.8 Å². The van der Waals surface area contributed by atoms with E-state index in [2.05, 4.69) is 9.71 Å². The zero-order valence-corrected chi connectivity index (χ0v) is 13.4. The number of alkyl halides is 3. The summed E-state index contributed by atoms with van der Waals surface area (Å²) in [5, 5.41) is 0. The summed E-state index contributed by atoms with van der Waals surface area (Å²) >= 11 is 0. The van der Waals surface area contributed by atoms with Crippen LogP contribution in [0.3, 0.4) is 0 Å². The van der Waals surface area contributed by atoms with Crippen molar-refractivity contribution in [1.82, 2.24) is 4.98 Å². The number of nitrogens with one attached hydrogen (secondary N) is 1. The molecule has 1 fully saturated rings. The van der Waals surface area contributed by atoms with Crippen molar-refractivity contribution < 1.29 is 26.3 Å². The molecule has 2 rings (SSSR count). The number of hydrogen-bond acceptors (Lipinski definition) is 4. The van der Waals surface area contributed by atoms with Crippen LogP contribution in [0.2, 0.25) is 0 Å². The van der Waals surface area contributed by atoms with Crippen molar-refractivity contribution in [2.75, 3.05) is 18.1 Å². The maximum atomic E-state index is 12.7. The first-order valence-corrected chi connectivity index (χ1v) is 8.70. The van der Waals surface area contributed by atoms with Gasteiger partial charge in [-0.2, -0.15) is 13.2 Å². The van der Waals surface area contributed by atoms with Crippen molar-refractivity contribution in [3.63, 3.8) is 0 Å². The Labute approximate surface area is 132 Å². The molecule has 1 heterocycles. The smallest absolute Gasteiger partial charge is 0.380 e. The van der Waals surface area contributed by atoms with Crippen LogP contribution in [0.25, 0.3) is 6.08 Å². The Hall–Kier alpha value is -1.61. The number of methoxy groups -OCH3 is 1. The predicted octanol–water partition coefficient (Wildman–Crippen LogP) is 2.68. The van der Waals surface area contributed by atoms with Gasteiger partial charge in [0.1, 0.15) is 0 Å². The van der Waals surface area contributed by atoms with E-state index in [1.807, 2.05) is 0 Å². The van der Waals surface area contributed by atoms with E-state index < -0.39 is 28.2 Å². The summed E-state index contributed by atoms with van der Waals surface area (Å²) in [7, 11) is -2.15. The van der Waals surface area contributed by atoms with Gasteiger partial charge in [0.25, 0.3) is 0 Å². The molecule has 0 aliphatic heterocycles. The number of ether oxygens (including phenoxy) is 1. The molecular weight excluding hydrogens is 333 g/mol. The number of nitrogens with zero attached hydrogens (tertiary/aromatic N) is 1. The van der Waals surface area contributed by atoms with Crippen LogP contribution in [0.1, 0.15) is 12.0 Å². The number of aromatic nitrogens is 1. The summed E-state index contributed by atoms with van der Waals surface area (Å²) in [6.07, 6.45) is 1.94. The van der Waals surface area contributed by atoms with Crippen molar-refractivity contribution in [1.29, 1.82) is 0 Å². The van der Waals surface area contributed by atoms with Crippen LogP contribution in [-0.4, -0.2) is 39.0 Å². The van der Waals surface area contributed by atoms with Crippen LogP contribution in [0.4, 0.5) is 18.9 Å². The van der Waals surface area contributed by atoms with Gasteiger partial charge in [-0.15, -0.1) is 0 Å². The van der Waals surface area contributed by atoms with Crippen LogP contribution < -0.4 is 4.72 Å². The van der Waals surface area contributed by atoms with Gasteiger partial charge in [-0.1, -0.05) is 12.2 Å². The lowest BCUT2D eigenvalue weighted by molar-refractivity contribution is -0.244. The quantitative estimate of drug-likeness (QED) is 0.887. The Kier molecular flexibility index (Phi) is 5.00. The maximum absolute atomic E-state index is 12.7. The van der Waals surface area contributed by atoms with Crippen LogP contribution in [0, 0.1) is 11.8 Å². The highest BCUT2D eigenvalue weighted by Gasteiger charge is 2.54. The predicted molar refractivity (Wildman–Crippen MR) is 80.2 cm³/mol. The molecule has 0 radical (unpaired) electrons. The number of pyridine rings is 1. The number of rotatable bonds is 5. The third-order valence-electron chi connectivity index (χ3n) is 3.64. The third-order valence-corrected chi connectivity index (χ3v) is 4.24. The molecule has 1 aromatic rings. The van der Waals surface area contributed by atoms with Crippen molar-refractivity contribution in [2.45, 2.75) is 18.7 Å². The van der Waals surface area contributed by atoms with Gasteiger partial charge < -0.3 is 4.74 Å². The van der Waals surface area contributed by atoms with Gasteiger partial charge in [0, 0.05) is 19.2 Å². The molecule has 0 saturated heterocycles. The Balaban J connectivity index is 2.05. The van der Waals surface area contributed by atoms with E-state index in [4.69, 9.17) is 4.74 Å². The van der Waals surface area contributed by atoms with E-state index >= 15 is 0 Å². The molecule has 1 saturated carbocycles. The monoisotopic (exact) mass is 350 g/mol. The highest BCUT2D eigenvalue weighted by Crippen LogP contribution is 2.47. The lowest BCUT2D eigenvalue weighted by Gasteiger charge is -2.43. The minimum Gasteiger partial charge on any atom is -0.380 e. The van der Waals surface area contributed by atoms with Crippen molar-refractivity contribution in [3.8, 4) is 0 Å². The highest BCUT2D eigenvalue weighted by atomic mass is 32.2. The van der Waals surface area contributed by atoms with E-state index in [-0.39, 0.29) is 12.3 Å². The molecular formula is C14H17F3N2O3S. The zero-order valence-electron chi connectivity index (χ0n) is 12.5. The minimum absolute atomic E-state index is 0.0206. The van der Waals surface area contributed by atoms with Crippen molar-refractivity contribution >= 4 is 21.8 Å². The Bertz CT molecular complexity index is 689. The summed E-state index contributed by atoms with van der Waals surface area (Å²) in [6, 6.07) is 1.55.